The van der Waals surface area contributed by atoms with Gasteiger partial charge in [0.2, 0.25) is 0 Å². The summed E-state index contributed by atoms with van der Waals surface area (Å²) in [5, 5.41) is 4.50. The third-order valence-electron chi connectivity index (χ3n) is 3.36. The highest BCUT2D eigenvalue weighted by molar-refractivity contribution is 7.98. The minimum atomic E-state index is 0.742. The van der Waals surface area contributed by atoms with Crippen LogP contribution in [0.15, 0.2) is 17.4 Å². The van der Waals surface area contributed by atoms with Gasteiger partial charge in [0, 0.05) is 19.2 Å². The van der Waals surface area contributed by atoms with Gasteiger partial charge in [0.05, 0.1) is 0 Å². The molecule has 0 amide bonds. The molecule has 1 N–H and O–H groups in total. The summed E-state index contributed by atoms with van der Waals surface area (Å²) in [5.74, 6) is 1.82. The molecule has 100 valence electrons. The molecule has 1 aromatic heterocycles. The smallest absolute Gasteiger partial charge is 0.133 e. The van der Waals surface area contributed by atoms with Crippen molar-refractivity contribution in [2.45, 2.75) is 24.8 Å². The Morgan fingerprint density at radius 2 is 2.39 bits per heavy atom. The van der Waals surface area contributed by atoms with Crippen LogP contribution < -0.4 is 10.2 Å². The van der Waals surface area contributed by atoms with Gasteiger partial charge in [-0.1, -0.05) is 6.92 Å². The first-order chi connectivity index (χ1) is 8.83. The van der Waals surface area contributed by atoms with Crippen LogP contribution in [0.3, 0.4) is 0 Å². The number of hydrogen-bond acceptors (Lipinski definition) is 5. The molecule has 1 saturated heterocycles. The number of anilines is 1. The Bertz CT molecular complexity index is 372. The summed E-state index contributed by atoms with van der Waals surface area (Å²) in [7, 11) is 0. The second-order valence-electron chi connectivity index (χ2n) is 4.68. The first-order valence-electron chi connectivity index (χ1n) is 6.65. The van der Waals surface area contributed by atoms with Crippen molar-refractivity contribution in [2.75, 3.05) is 37.3 Å². The highest BCUT2D eigenvalue weighted by Crippen LogP contribution is 2.23. The molecule has 1 fully saturated rings. The first-order valence-corrected chi connectivity index (χ1v) is 7.87. The molecule has 1 aromatic rings. The van der Waals surface area contributed by atoms with Crippen molar-refractivity contribution >= 4 is 17.6 Å². The molecule has 2 heterocycles. The van der Waals surface area contributed by atoms with Gasteiger partial charge in [-0.3, -0.25) is 0 Å². The van der Waals surface area contributed by atoms with Crippen LogP contribution in [-0.2, 0) is 0 Å². The van der Waals surface area contributed by atoms with Crippen LogP contribution in [0.5, 0.6) is 0 Å². The van der Waals surface area contributed by atoms with Crippen molar-refractivity contribution in [3.63, 3.8) is 0 Å². The Kier molecular flexibility index (Phi) is 5.26. The van der Waals surface area contributed by atoms with E-state index >= 15 is 0 Å². The van der Waals surface area contributed by atoms with Gasteiger partial charge in [-0.2, -0.15) is 0 Å². The summed E-state index contributed by atoms with van der Waals surface area (Å²) < 4.78 is 0. The minimum Gasteiger partial charge on any atom is -0.356 e. The lowest BCUT2D eigenvalue weighted by Gasteiger charge is -2.33. The van der Waals surface area contributed by atoms with Crippen molar-refractivity contribution < 1.29 is 0 Å². The van der Waals surface area contributed by atoms with Gasteiger partial charge >= 0.3 is 0 Å². The van der Waals surface area contributed by atoms with Gasteiger partial charge in [-0.15, -0.1) is 11.8 Å². The number of aromatic nitrogens is 2. The molecular weight excluding hydrogens is 244 g/mol. The summed E-state index contributed by atoms with van der Waals surface area (Å²) in [4.78, 5) is 11.0. The van der Waals surface area contributed by atoms with E-state index in [1.807, 2.05) is 0 Å². The average molecular weight is 266 g/mol. The molecule has 0 spiro atoms. The third kappa shape index (κ3) is 3.59. The Morgan fingerprint density at radius 1 is 1.50 bits per heavy atom. The first kappa shape index (κ1) is 13.6. The highest BCUT2D eigenvalue weighted by atomic mass is 32.2. The Hall–Kier alpha value is -0.810. The number of piperidine rings is 1. The Labute approximate surface area is 114 Å². The van der Waals surface area contributed by atoms with E-state index in [0.29, 0.717) is 0 Å². The summed E-state index contributed by atoms with van der Waals surface area (Å²) in [6.45, 7) is 6.56. The fourth-order valence-electron chi connectivity index (χ4n) is 2.40. The van der Waals surface area contributed by atoms with Gasteiger partial charge in [-0.05, 0) is 38.1 Å². The maximum atomic E-state index is 4.41. The van der Waals surface area contributed by atoms with E-state index < -0.39 is 0 Å². The molecule has 1 aliphatic heterocycles. The van der Waals surface area contributed by atoms with E-state index in [1.165, 1.54) is 12.8 Å². The van der Waals surface area contributed by atoms with E-state index in [-0.39, 0.29) is 0 Å². The standard InChI is InChI=1S/C13H22N4S/c1-3-14-8-11-5-4-6-17(9-11)12-7-13(18-2)16-10-15-12/h7,10-11,14H,3-6,8-9H2,1-2H3. The molecule has 1 atom stereocenters. The molecule has 0 aromatic carbocycles. The zero-order valence-corrected chi connectivity index (χ0v) is 12.0. The van der Waals surface area contributed by atoms with Gasteiger partial charge in [-0.25, -0.2) is 9.97 Å². The lowest BCUT2D eigenvalue weighted by molar-refractivity contribution is 0.394. The molecule has 1 unspecified atom stereocenters. The Balaban J connectivity index is 1.98. The van der Waals surface area contributed by atoms with Crippen LogP contribution in [0.1, 0.15) is 19.8 Å². The van der Waals surface area contributed by atoms with E-state index in [2.05, 4.69) is 39.4 Å². The number of rotatable bonds is 5. The van der Waals surface area contributed by atoms with E-state index in [1.54, 1.807) is 18.1 Å². The molecule has 1 aliphatic rings. The fourth-order valence-corrected chi connectivity index (χ4v) is 2.78. The second-order valence-corrected chi connectivity index (χ2v) is 5.51. The zero-order chi connectivity index (χ0) is 12.8. The van der Waals surface area contributed by atoms with Crippen molar-refractivity contribution in [2.24, 2.45) is 5.92 Å². The summed E-state index contributed by atoms with van der Waals surface area (Å²) >= 11 is 1.67. The molecule has 5 heteroatoms. The van der Waals surface area contributed by atoms with E-state index in [4.69, 9.17) is 0 Å². The van der Waals surface area contributed by atoms with Gasteiger partial charge in [0.1, 0.15) is 17.2 Å². The molecule has 2 rings (SSSR count). The van der Waals surface area contributed by atoms with Crippen LogP contribution in [0, 0.1) is 5.92 Å². The van der Waals surface area contributed by atoms with E-state index in [0.717, 1.165) is 42.9 Å². The van der Waals surface area contributed by atoms with Crippen molar-refractivity contribution in [3.05, 3.63) is 12.4 Å². The predicted octanol–water partition coefficient (Wildman–Crippen LogP) is 2.02. The monoisotopic (exact) mass is 266 g/mol. The SMILES string of the molecule is CCNCC1CCCN(c2cc(SC)ncn2)C1. The average Bonchev–Trinajstić information content (AvgIpc) is 2.45. The van der Waals surface area contributed by atoms with Crippen molar-refractivity contribution in [3.8, 4) is 0 Å². The molecule has 0 aliphatic carbocycles. The predicted molar refractivity (Wildman–Crippen MR) is 77.3 cm³/mol. The topological polar surface area (TPSA) is 41.0 Å². The van der Waals surface area contributed by atoms with Gasteiger partial charge < -0.3 is 10.2 Å². The maximum Gasteiger partial charge on any atom is 0.133 e. The van der Waals surface area contributed by atoms with Crippen LogP contribution in [-0.4, -0.2) is 42.4 Å². The highest BCUT2D eigenvalue weighted by Gasteiger charge is 2.20. The fraction of sp³-hybridized carbons (Fsp3) is 0.692. The normalized spacial score (nSPS) is 20.1. The third-order valence-corrected chi connectivity index (χ3v) is 4.00. The molecule has 4 nitrogen and oxygen atoms in total. The number of nitrogens with zero attached hydrogens (tertiary/aromatic N) is 3. The molecule has 0 saturated carbocycles. The number of hydrogen-bond donors (Lipinski definition) is 1. The zero-order valence-electron chi connectivity index (χ0n) is 11.2. The van der Waals surface area contributed by atoms with Crippen molar-refractivity contribution in [1.82, 2.24) is 15.3 Å². The maximum absolute atomic E-state index is 4.41. The second kappa shape index (κ2) is 6.95. The molecule has 0 radical (unpaired) electrons. The van der Waals surface area contributed by atoms with E-state index in [9.17, 15) is 0 Å². The minimum absolute atomic E-state index is 0.742. The summed E-state index contributed by atoms with van der Waals surface area (Å²) in [6.07, 6.45) is 6.31. The quantitative estimate of drug-likeness (QED) is 0.652. The Morgan fingerprint density at radius 3 is 3.17 bits per heavy atom. The van der Waals surface area contributed by atoms with Crippen LogP contribution in [0.4, 0.5) is 5.82 Å². The molecule has 0 bridgehead atoms. The lowest BCUT2D eigenvalue weighted by Crippen LogP contribution is -2.40. The lowest BCUT2D eigenvalue weighted by atomic mass is 9.98. The van der Waals surface area contributed by atoms with Gasteiger partial charge in [0.15, 0.2) is 0 Å². The summed E-state index contributed by atoms with van der Waals surface area (Å²) in [5.41, 5.74) is 0. The van der Waals surface area contributed by atoms with Crippen molar-refractivity contribution in [1.29, 1.82) is 0 Å². The molecular formula is C13H22N4S. The van der Waals surface area contributed by atoms with Crippen LogP contribution in [0.25, 0.3) is 0 Å². The number of nitrogens with one attached hydrogen (secondary N) is 1. The van der Waals surface area contributed by atoms with Gasteiger partial charge in [0.25, 0.3) is 0 Å². The van der Waals surface area contributed by atoms with Crippen LogP contribution >= 0.6 is 11.8 Å². The number of thioether (sulfide) groups is 1. The largest absolute Gasteiger partial charge is 0.356 e. The summed E-state index contributed by atoms with van der Waals surface area (Å²) in [6, 6.07) is 2.10. The van der Waals surface area contributed by atoms with Crippen LogP contribution in [0.2, 0.25) is 0 Å². The molecule has 18 heavy (non-hydrogen) atoms.